The molecular formula is C16H11ClN4O4S. The number of nitrogens with zero attached hydrogens (tertiary/aromatic N) is 3. The maximum Gasteiger partial charge on any atom is 0.322 e. The fraction of sp³-hybridized carbons (Fsp3) is 0.0625. The van der Waals surface area contributed by atoms with E-state index in [2.05, 4.69) is 15.5 Å². The highest BCUT2D eigenvalue weighted by Gasteiger charge is 2.10. The van der Waals surface area contributed by atoms with E-state index in [4.69, 9.17) is 16.0 Å². The lowest BCUT2D eigenvalue weighted by atomic mass is 10.2. The number of thiophene rings is 1. The Morgan fingerprint density at radius 2 is 2.04 bits per heavy atom. The van der Waals surface area contributed by atoms with Gasteiger partial charge >= 0.3 is 6.01 Å². The first kappa shape index (κ1) is 17.8. The Labute approximate surface area is 156 Å². The van der Waals surface area contributed by atoms with Crippen molar-refractivity contribution in [3.8, 4) is 0 Å². The number of nitro benzene ring substituents is 1. The average Bonchev–Trinajstić information content (AvgIpc) is 3.22. The van der Waals surface area contributed by atoms with Crippen molar-refractivity contribution in [3.05, 3.63) is 73.3 Å². The predicted molar refractivity (Wildman–Crippen MR) is 97.2 cm³/mol. The van der Waals surface area contributed by atoms with Crippen molar-refractivity contribution in [2.45, 2.75) is 6.42 Å². The number of hydrogen-bond donors (Lipinski definition) is 1. The highest BCUT2D eigenvalue weighted by atomic mass is 35.5. The van der Waals surface area contributed by atoms with Gasteiger partial charge in [-0.1, -0.05) is 16.7 Å². The molecule has 0 unspecified atom stereocenters. The first-order chi connectivity index (χ1) is 12.5. The van der Waals surface area contributed by atoms with Crippen LogP contribution in [-0.2, 0) is 11.2 Å². The molecule has 8 nitrogen and oxygen atoms in total. The van der Waals surface area contributed by atoms with Crippen LogP contribution >= 0.6 is 22.9 Å². The molecule has 3 aromatic rings. The number of benzene rings is 1. The van der Waals surface area contributed by atoms with Crippen LogP contribution in [0.25, 0.3) is 6.08 Å². The predicted octanol–water partition coefficient (Wildman–Crippen LogP) is 3.94. The van der Waals surface area contributed by atoms with Gasteiger partial charge in [-0.2, -0.15) is 0 Å². The zero-order chi connectivity index (χ0) is 18.5. The molecule has 132 valence electrons. The summed E-state index contributed by atoms with van der Waals surface area (Å²) in [5.41, 5.74) is 0.628. The number of anilines is 1. The topological polar surface area (TPSA) is 111 Å². The van der Waals surface area contributed by atoms with Gasteiger partial charge in [-0.25, -0.2) is 0 Å². The van der Waals surface area contributed by atoms with E-state index in [0.29, 0.717) is 22.2 Å². The quantitative estimate of drug-likeness (QED) is 0.387. The van der Waals surface area contributed by atoms with Crippen molar-refractivity contribution >= 4 is 46.6 Å². The lowest BCUT2D eigenvalue weighted by Gasteiger charge is -1.95. The largest absolute Gasteiger partial charge is 0.407 e. The summed E-state index contributed by atoms with van der Waals surface area (Å²) in [4.78, 5) is 23.0. The van der Waals surface area contributed by atoms with Crippen LogP contribution in [0, 0.1) is 10.1 Å². The van der Waals surface area contributed by atoms with Crippen LogP contribution in [0.1, 0.15) is 16.3 Å². The molecule has 10 heteroatoms. The van der Waals surface area contributed by atoms with Crippen molar-refractivity contribution in [1.29, 1.82) is 0 Å². The standard InChI is InChI=1S/C16H11ClN4O4S/c17-13-7-6-12(26-13)9-15-19-20-16(25-15)18-14(22)8-3-10-1-4-11(5-2-10)21(23)24/h1-8H,9H2,(H,18,20,22). The van der Waals surface area contributed by atoms with Crippen LogP contribution in [0.15, 0.2) is 46.9 Å². The Bertz CT molecular complexity index is 965. The summed E-state index contributed by atoms with van der Waals surface area (Å²) in [7, 11) is 0. The Morgan fingerprint density at radius 1 is 1.27 bits per heavy atom. The van der Waals surface area contributed by atoms with Gasteiger partial charge < -0.3 is 4.42 Å². The van der Waals surface area contributed by atoms with Crippen molar-refractivity contribution in [2.75, 3.05) is 5.32 Å². The van der Waals surface area contributed by atoms with E-state index in [-0.39, 0.29) is 11.7 Å². The van der Waals surface area contributed by atoms with Gasteiger partial charge in [0, 0.05) is 23.1 Å². The lowest BCUT2D eigenvalue weighted by Crippen LogP contribution is -2.07. The second-order valence-electron chi connectivity index (χ2n) is 5.05. The molecule has 3 rings (SSSR count). The zero-order valence-electron chi connectivity index (χ0n) is 13.1. The minimum atomic E-state index is -0.489. The number of carbonyl (C=O) groups excluding carboxylic acids is 1. The number of amides is 1. The number of halogens is 1. The molecule has 0 aliphatic rings. The maximum atomic E-state index is 11.9. The second kappa shape index (κ2) is 7.89. The number of non-ortho nitro benzene ring substituents is 1. The summed E-state index contributed by atoms with van der Waals surface area (Å²) in [6.07, 6.45) is 3.22. The number of aromatic nitrogens is 2. The molecule has 0 saturated heterocycles. The molecule has 1 N–H and O–H groups in total. The van der Waals surface area contributed by atoms with Crippen molar-refractivity contribution in [1.82, 2.24) is 10.2 Å². The van der Waals surface area contributed by atoms with Gasteiger partial charge in [-0.3, -0.25) is 20.2 Å². The lowest BCUT2D eigenvalue weighted by molar-refractivity contribution is -0.384. The van der Waals surface area contributed by atoms with Gasteiger partial charge in [0.2, 0.25) is 5.89 Å². The van der Waals surface area contributed by atoms with Crippen LogP contribution in [0.5, 0.6) is 0 Å². The number of carbonyl (C=O) groups is 1. The molecule has 0 saturated carbocycles. The summed E-state index contributed by atoms with van der Waals surface area (Å²) in [5.74, 6) is -0.101. The molecule has 0 spiro atoms. The molecular weight excluding hydrogens is 380 g/mol. The zero-order valence-corrected chi connectivity index (χ0v) is 14.7. The molecule has 0 radical (unpaired) electrons. The number of nitro groups is 1. The van der Waals surface area contributed by atoms with Crippen LogP contribution in [-0.4, -0.2) is 21.0 Å². The van der Waals surface area contributed by atoms with E-state index in [1.54, 1.807) is 18.2 Å². The van der Waals surface area contributed by atoms with E-state index in [1.165, 1.54) is 35.6 Å². The molecule has 1 aromatic carbocycles. The van der Waals surface area contributed by atoms with Gasteiger partial charge in [-0.05, 0) is 35.9 Å². The molecule has 26 heavy (non-hydrogen) atoms. The Morgan fingerprint density at radius 3 is 2.69 bits per heavy atom. The minimum Gasteiger partial charge on any atom is -0.407 e. The Kier molecular flexibility index (Phi) is 5.40. The second-order valence-corrected chi connectivity index (χ2v) is 6.85. The first-order valence-corrected chi connectivity index (χ1v) is 8.49. The summed E-state index contributed by atoms with van der Waals surface area (Å²) in [5, 5.41) is 20.7. The summed E-state index contributed by atoms with van der Waals surface area (Å²) in [6, 6.07) is 9.43. The van der Waals surface area contributed by atoms with Gasteiger partial charge in [0.05, 0.1) is 15.7 Å². The third-order valence-electron chi connectivity index (χ3n) is 3.18. The summed E-state index contributed by atoms with van der Waals surface area (Å²) >= 11 is 7.28. The maximum absolute atomic E-state index is 11.9. The van der Waals surface area contributed by atoms with Crippen LogP contribution in [0.3, 0.4) is 0 Å². The van der Waals surface area contributed by atoms with Crippen molar-refractivity contribution in [3.63, 3.8) is 0 Å². The Hall–Kier alpha value is -3.04. The van der Waals surface area contributed by atoms with E-state index < -0.39 is 10.8 Å². The van der Waals surface area contributed by atoms with E-state index in [0.717, 1.165) is 4.88 Å². The smallest absolute Gasteiger partial charge is 0.322 e. The normalized spacial score (nSPS) is 11.0. The van der Waals surface area contributed by atoms with Gasteiger partial charge in [0.25, 0.3) is 11.6 Å². The van der Waals surface area contributed by atoms with Crippen molar-refractivity contribution < 1.29 is 14.1 Å². The van der Waals surface area contributed by atoms with Crippen LogP contribution < -0.4 is 5.32 Å². The Balaban J connectivity index is 1.57. The van der Waals surface area contributed by atoms with E-state index in [1.807, 2.05) is 6.07 Å². The third-order valence-corrected chi connectivity index (χ3v) is 4.41. The highest BCUT2D eigenvalue weighted by molar-refractivity contribution is 7.16. The number of nitrogens with one attached hydrogen (secondary N) is 1. The third kappa shape index (κ3) is 4.74. The molecule has 0 atom stereocenters. The van der Waals surface area contributed by atoms with Gasteiger partial charge in [0.1, 0.15) is 0 Å². The van der Waals surface area contributed by atoms with E-state index >= 15 is 0 Å². The van der Waals surface area contributed by atoms with Crippen LogP contribution in [0.2, 0.25) is 4.34 Å². The molecule has 1 amide bonds. The van der Waals surface area contributed by atoms with Crippen LogP contribution in [0.4, 0.5) is 11.7 Å². The van der Waals surface area contributed by atoms with Gasteiger partial charge in [0.15, 0.2) is 0 Å². The van der Waals surface area contributed by atoms with E-state index in [9.17, 15) is 14.9 Å². The van der Waals surface area contributed by atoms with Gasteiger partial charge in [-0.15, -0.1) is 16.4 Å². The number of rotatable bonds is 6. The molecule has 0 aliphatic carbocycles. The summed E-state index contributed by atoms with van der Waals surface area (Å²) in [6.45, 7) is 0. The molecule has 2 aromatic heterocycles. The summed E-state index contributed by atoms with van der Waals surface area (Å²) < 4.78 is 6.03. The monoisotopic (exact) mass is 390 g/mol. The SMILES string of the molecule is O=C(C=Cc1ccc([N+](=O)[O-])cc1)Nc1nnc(Cc2ccc(Cl)s2)o1. The molecule has 0 fully saturated rings. The first-order valence-electron chi connectivity index (χ1n) is 7.30. The molecule has 2 heterocycles. The average molecular weight is 391 g/mol. The fourth-order valence-electron chi connectivity index (χ4n) is 2.00. The van der Waals surface area contributed by atoms with Crippen molar-refractivity contribution in [2.24, 2.45) is 0 Å². The molecule has 0 bridgehead atoms. The molecule has 0 aliphatic heterocycles. The fourth-order valence-corrected chi connectivity index (χ4v) is 3.08. The number of hydrogen-bond acceptors (Lipinski definition) is 7. The highest BCUT2D eigenvalue weighted by Crippen LogP contribution is 2.23. The minimum absolute atomic E-state index is 0.0130.